The normalized spacial score (nSPS) is 17.1. The van der Waals surface area contributed by atoms with Crippen LogP contribution in [0.4, 0.5) is 15.9 Å². The molecule has 1 fully saturated rings. The summed E-state index contributed by atoms with van der Waals surface area (Å²) in [6, 6.07) is 6.76. The smallest absolute Gasteiger partial charge is 0.176 e. The fraction of sp³-hybridized carbons (Fsp3) is 0.333. The lowest BCUT2D eigenvalue weighted by molar-refractivity contribution is 0.518. The average Bonchev–Trinajstić information content (AvgIpc) is 3.12. The van der Waals surface area contributed by atoms with Gasteiger partial charge in [-0.3, -0.25) is 0 Å². The Kier molecular flexibility index (Phi) is 5.09. The van der Waals surface area contributed by atoms with E-state index >= 15 is 0 Å². The first-order valence-electron chi connectivity index (χ1n) is 8.54. The van der Waals surface area contributed by atoms with Crippen molar-refractivity contribution in [2.45, 2.75) is 23.2 Å². The number of thioether (sulfide) groups is 1. The Labute approximate surface area is 164 Å². The number of thiazole rings is 1. The molecule has 3 heterocycles. The molecule has 0 saturated carbocycles. The van der Waals surface area contributed by atoms with Gasteiger partial charge in [-0.15, -0.1) is 11.3 Å². The Balaban J connectivity index is 1.54. The van der Waals surface area contributed by atoms with E-state index in [-0.39, 0.29) is 11.9 Å². The average molecular weight is 401 g/mol. The van der Waals surface area contributed by atoms with E-state index in [9.17, 15) is 4.39 Å². The SMILES string of the molecule is CSc1nc2ncnc(NC3CCCN(c4ccc(C#N)cc4F)C3)c2s1. The molecule has 9 heteroatoms. The third-order valence-electron chi connectivity index (χ3n) is 4.53. The lowest BCUT2D eigenvalue weighted by Crippen LogP contribution is -2.42. The maximum atomic E-state index is 14.4. The Bertz CT molecular complexity index is 1010. The predicted molar refractivity (Wildman–Crippen MR) is 107 cm³/mol. The topological polar surface area (TPSA) is 77.7 Å². The van der Waals surface area contributed by atoms with Crippen molar-refractivity contribution in [1.82, 2.24) is 15.0 Å². The van der Waals surface area contributed by atoms with Gasteiger partial charge in [-0.2, -0.15) is 5.26 Å². The maximum absolute atomic E-state index is 14.4. The van der Waals surface area contributed by atoms with Crippen molar-refractivity contribution in [2.75, 3.05) is 29.6 Å². The highest BCUT2D eigenvalue weighted by atomic mass is 32.2. The molecule has 0 radical (unpaired) electrons. The van der Waals surface area contributed by atoms with E-state index in [4.69, 9.17) is 5.26 Å². The van der Waals surface area contributed by atoms with Gasteiger partial charge in [0.2, 0.25) is 0 Å². The maximum Gasteiger partial charge on any atom is 0.176 e. The van der Waals surface area contributed by atoms with Crippen molar-refractivity contribution in [3.8, 4) is 6.07 Å². The van der Waals surface area contributed by atoms with Crippen molar-refractivity contribution < 1.29 is 4.39 Å². The van der Waals surface area contributed by atoms with Crippen molar-refractivity contribution in [3.63, 3.8) is 0 Å². The zero-order chi connectivity index (χ0) is 18.8. The van der Waals surface area contributed by atoms with Gasteiger partial charge >= 0.3 is 0 Å². The van der Waals surface area contributed by atoms with Gasteiger partial charge in [0.05, 0.1) is 17.3 Å². The van der Waals surface area contributed by atoms with E-state index in [2.05, 4.69) is 20.3 Å². The number of hydrogen-bond acceptors (Lipinski definition) is 8. The molecular weight excluding hydrogens is 383 g/mol. The van der Waals surface area contributed by atoms with Crippen LogP contribution in [0.3, 0.4) is 0 Å². The number of benzene rings is 1. The largest absolute Gasteiger partial charge is 0.367 e. The van der Waals surface area contributed by atoms with Crippen LogP contribution in [0, 0.1) is 17.1 Å². The van der Waals surface area contributed by atoms with E-state index < -0.39 is 0 Å². The number of nitriles is 1. The van der Waals surface area contributed by atoms with Crippen LogP contribution < -0.4 is 10.2 Å². The molecular formula is C18H17FN6S2. The minimum Gasteiger partial charge on any atom is -0.367 e. The molecule has 1 aliphatic rings. The van der Waals surface area contributed by atoms with Crippen LogP contribution in [-0.4, -0.2) is 40.3 Å². The third kappa shape index (κ3) is 3.68. The molecule has 1 aliphatic heterocycles. The molecule has 138 valence electrons. The van der Waals surface area contributed by atoms with Gasteiger partial charge in [0.25, 0.3) is 0 Å². The second-order valence-electron chi connectivity index (χ2n) is 6.27. The molecule has 1 aromatic carbocycles. The summed E-state index contributed by atoms with van der Waals surface area (Å²) in [4.78, 5) is 15.1. The number of fused-ring (bicyclic) bond motifs is 1. The summed E-state index contributed by atoms with van der Waals surface area (Å²) in [5.41, 5.74) is 1.57. The molecule has 0 bridgehead atoms. The van der Waals surface area contributed by atoms with E-state index in [0.717, 1.165) is 34.2 Å². The highest BCUT2D eigenvalue weighted by molar-refractivity contribution is 8.00. The standard InChI is InChI=1S/C18H17FN6S2/c1-26-18-24-17-15(27-18)16(21-10-22-17)23-12-3-2-6-25(9-12)14-5-4-11(8-20)7-13(14)19/h4-5,7,10,12H,2-3,6,9H2,1H3,(H,21,22,23). The summed E-state index contributed by atoms with van der Waals surface area (Å²) in [5.74, 6) is 0.427. The first kappa shape index (κ1) is 17.9. The number of anilines is 2. The van der Waals surface area contributed by atoms with Gasteiger partial charge < -0.3 is 10.2 Å². The van der Waals surface area contributed by atoms with Crippen LogP contribution in [0.2, 0.25) is 0 Å². The molecule has 1 atom stereocenters. The van der Waals surface area contributed by atoms with E-state index in [1.165, 1.54) is 12.4 Å². The number of aromatic nitrogens is 3. The molecule has 27 heavy (non-hydrogen) atoms. The van der Waals surface area contributed by atoms with Gasteiger partial charge in [0, 0.05) is 19.1 Å². The summed E-state index contributed by atoms with van der Waals surface area (Å²) in [7, 11) is 0. The Hall–Kier alpha value is -2.44. The van der Waals surface area contributed by atoms with Crippen LogP contribution in [0.1, 0.15) is 18.4 Å². The number of rotatable bonds is 4. The quantitative estimate of drug-likeness (QED) is 0.666. The summed E-state index contributed by atoms with van der Waals surface area (Å²) in [6.07, 6.45) is 5.44. The molecule has 6 nitrogen and oxygen atoms in total. The zero-order valence-corrected chi connectivity index (χ0v) is 16.3. The van der Waals surface area contributed by atoms with Crippen LogP contribution in [0.15, 0.2) is 28.9 Å². The van der Waals surface area contributed by atoms with Gasteiger partial charge in [-0.1, -0.05) is 11.8 Å². The summed E-state index contributed by atoms with van der Waals surface area (Å²) in [5, 5.41) is 12.4. The second-order valence-corrected chi connectivity index (χ2v) is 8.32. The second kappa shape index (κ2) is 7.66. The highest BCUT2D eigenvalue weighted by Crippen LogP contribution is 2.32. The number of halogens is 1. The van der Waals surface area contributed by atoms with Crippen molar-refractivity contribution in [1.29, 1.82) is 5.26 Å². The first-order chi connectivity index (χ1) is 13.2. The molecule has 0 amide bonds. The number of nitrogens with zero attached hydrogens (tertiary/aromatic N) is 5. The molecule has 1 unspecified atom stereocenters. The van der Waals surface area contributed by atoms with Gasteiger partial charge in [0.15, 0.2) is 9.99 Å². The molecule has 4 rings (SSSR count). The van der Waals surface area contributed by atoms with Crippen LogP contribution in [0.5, 0.6) is 0 Å². The van der Waals surface area contributed by atoms with E-state index in [1.54, 1.807) is 35.2 Å². The Morgan fingerprint density at radius 2 is 2.30 bits per heavy atom. The van der Waals surface area contributed by atoms with E-state index in [1.807, 2.05) is 17.2 Å². The lowest BCUT2D eigenvalue weighted by Gasteiger charge is -2.35. The highest BCUT2D eigenvalue weighted by Gasteiger charge is 2.23. The Morgan fingerprint density at radius 1 is 1.41 bits per heavy atom. The Morgan fingerprint density at radius 3 is 3.07 bits per heavy atom. The molecule has 0 aliphatic carbocycles. The van der Waals surface area contributed by atoms with E-state index in [0.29, 0.717) is 23.4 Å². The minimum absolute atomic E-state index is 0.145. The van der Waals surface area contributed by atoms with Gasteiger partial charge in [-0.25, -0.2) is 19.3 Å². The van der Waals surface area contributed by atoms with Crippen molar-refractivity contribution in [2.24, 2.45) is 0 Å². The minimum atomic E-state index is -0.355. The fourth-order valence-corrected chi connectivity index (χ4v) is 4.73. The van der Waals surface area contributed by atoms with Crippen molar-refractivity contribution in [3.05, 3.63) is 35.9 Å². The fourth-order valence-electron chi connectivity index (χ4n) is 3.26. The van der Waals surface area contributed by atoms with Crippen LogP contribution in [-0.2, 0) is 0 Å². The number of hydrogen-bond donors (Lipinski definition) is 1. The third-order valence-corrected chi connectivity index (χ3v) is 6.56. The zero-order valence-electron chi connectivity index (χ0n) is 14.6. The van der Waals surface area contributed by atoms with Gasteiger partial charge in [0.1, 0.15) is 22.7 Å². The molecule has 0 spiro atoms. The molecule has 1 saturated heterocycles. The number of piperidine rings is 1. The van der Waals surface area contributed by atoms with Gasteiger partial charge in [-0.05, 0) is 37.3 Å². The first-order valence-corrected chi connectivity index (χ1v) is 10.6. The number of nitrogens with one attached hydrogen (secondary N) is 1. The monoisotopic (exact) mass is 400 g/mol. The molecule has 3 aromatic rings. The summed E-state index contributed by atoms with van der Waals surface area (Å²) >= 11 is 3.17. The summed E-state index contributed by atoms with van der Waals surface area (Å²) < 4.78 is 16.3. The predicted octanol–water partition coefficient (Wildman–Crippen LogP) is 3.90. The van der Waals surface area contributed by atoms with Crippen LogP contribution >= 0.6 is 23.1 Å². The molecule has 2 aromatic heterocycles. The van der Waals surface area contributed by atoms with Crippen LogP contribution in [0.25, 0.3) is 10.3 Å². The molecule has 1 N–H and O–H groups in total. The van der Waals surface area contributed by atoms with Crippen molar-refractivity contribution >= 4 is 45.0 Å². The lowest BCUT2D eigenvalue weighted by atomic mass is 10.0. The summed E-state index contributed by atoms with van der Waals surface area (Å²) in [6.45, 7) is 1.46.